The van der Waals surface area contributed by atoms with Crippen LogP contribution < -0.4 is 10.5 Å². The summed E-state index contributed by atoms with van der Waals surface area (Å²) in [6.07, 6.45) is 2.43. The van der Waals surface area contributed by atoms with Gasteiger partial charge in [0, 0.05) is 32.1 Å². The van der Waals surface area contributed by atoms with E-state index in [4.69, 9.17) is 0 Å². The van der Waals surface area contributed by atoms with Gasteiger partial charge in [0.25, 0.3) is 5.91 Å². The third-order valence-electron chi connectivity index (χ3n) is 4.72. The summed E-state index contributed by atoms with van der Waals surface area (Å²) in [6, 6.07) is 8.77. The number of amides is 1. The number of rotatable bonds is 4. The number of anilines is 1. The van der Waals surface area contributed by atoms with Gasteiger partial charge in [0.1, 0.15) is 5.69 Å². The Morgan fingerprint density at radius 1 is 1.21 bits per heavy atom. The zero-order valence-electron chi connectivity index (χ0n) is 13.5. The van der Waals surface area contributed by atoms with Gasteiger partial charge < -0.3 is 14.8 Å². The predicted octanol–water partition coefficient (Wildman–Crippen LogP) is 1.00. The van der Waals surface area contributed by atoms with Crippen molar-refractivity contribution in [1.82, 2.24) is 20.1 Å². The molecule has 2 aromatic rings. The standard InChI is InChI=1S/C17H19N5O2/c1-21(17(24)14-3-2-4-16(23)18-14)12-9-22(10-12)15-8-7-13(19-20-15)11-5-6-11/h2-4,7-8,11-12H,5-6,9-10H2,1H3,(H,18,23). The first kappa shape index (κ1) is 14.9. The highest BCUT2D eigenvalue weighted by Gasteiger charge is 2.34. The minimum Gasteiger partial charge on any atom is -0.351 e. The van der Waals surface area contributed by atoms with Crippen molar-refractivity contribution in [2.45, 2.75) is 24.8 Å². The van der Waals surface area contributed by atoms with Gasteiger partial charge in [-0.15, -0.1) is 5.10 Å². The van der Waals surface area contributed by atoms with Crippen LogP contribution in [0.2, 0.25) is 0 Å². The van der Waals surface area contributed by atoms with E-state index >= 15 is 0 Å². The number of hydrogen-bond acceptors (Lipinski definition) is 5. The van der Waals surface area contributed by atoms with Gasteiger partial charge in [0.2, 0.25) is 5.56 Å². The lowest BCUT2D eigenvalue weighted by Crippen LogP contribution is -2.60. The van der Waals surface area contributed by atoms with Crippen LogP contribution >= 0.6 is 0 Å². The summed E-state index contributed by atoms with van der Waals surface area (Å²) in [5.41, 5.74) is 1.13. The van der Waals surface area contributed by atoms with E-state index in [-0.39, 0.29) is 17.5 Å². The number of carbonyl (C=O) groups is 1. The molecule has 1 saturated carbocycles. The smallest absolute Gasteiger partial charge is 0.270 e. The Balaban J connectivity index is 1.37. The number of H-pyrrole nitrogens is 1. The lowest BCUT2D eigenvalue weighted by molar-refractivity contribution is 0.0698. The highest BCUT2D eigenvalue weighted by molar-refractivity contribution is 5.92. The van der Waals surface area contributed by atoms with Crippen LogP contribution in [0.4, 0.5) is 5.82 Å². The zero-order valence-corrected chi connectivity index (χ0v) is 13.5. The van der Waals surface area contributed by atoms with Crippen molar-refractivity contribution in [3.05, 3.63) is 52.1 Å². The van der Waals surface area contributed by atoms with E-state index in [9.17, 15) is 9.59 Å². The van der Waals surface area contributed by atoms with Crippen molar-refractivity contribution < 1.29 is 4.79 Å². The lowest BCUT2D eigenvalue weighted by atomic mass is 10.1. The molecule has 0 bridgehead atoms. The van der Waals surface area contributed by atoms with Gasteiger partial charge in [0.05, 0.1) is 11.7 Å². The number of likely N-dealkylation sites (N-methyl/N-ethyl adjacent to an activating group) is 1. The summed E-state index contributed by atoms with van der Waals surface area (Å²) < 4.78 is 0. The summed E-state index contributed by atoms with van der Waals surface area (Å²) in [4.78, 5) is 30.1. The molecule has 1 N–H and O–H groups in total. The number of nitrogens with zero attached hydrogens (tertiary/aromatic N) is 4. The molecule has 0 spiro atoms. The number of hydrogen-bond donors (Lipinski definition) is 1. The van der Waals surface area contributed by atoms with Gasteiger partial charge in [-0.2, -0.15) is 5.10 Å². The summed E-state index contributed by atoms with van der Waals surface area (Å²) in [6.45, 7) is 1.44. The first-order valence-electron chi connectivity index (χ1n) is 8.17. The summed E-state index contributed by atoms with van der Waals surface area (Å²) in [5, 5.41) is 8.59. The number of nitrogens with one attached hydrogen (secondary N) is 1. The minimum absolute atomic E-state index is 0.103. The molecule has 2 aromatic heterocycles. The fourth-order valence-corrected chi connectivity index (χ4v) is 2.92. The molecule has 1 aliphatic carbocycles. The molecule has 7 nitrogen and oxygen atoms in total. The Morgan fingerprint density at radius 3 is 2.62 bits per heavy atom. The van der Waals surface area contributed by atoms with E-state index in [1.807, 2.05) is 6.07 Å². The molecule has 0 radical (unpaired) electrons. The molecule has 1 amide bonds. The zero-order chi connectivity index (χ0) is 16.7. The highest BCUT2D eigenvalue weighted by atomic mass is 16.2. The molecule has 2 aliphatic rings. The second-order valence-corrected chi connectivity index (χ2v) is 6.49. The average Bonchev–Trinajstić information content (AvgIpc) is 3.38. The van der Waals surface area contributed by atoms with Crippen molar-refractivity contribution in [1.29, 1.82) is 0 Å². The second-order valence-electron chi connectivity index (χ2n) is 6.49. The van der Waals surface area contributed by atoms with Gasteiger partial charge in [-0.3, -0.25) is 9.59 Å². The molecule has 24 heavy (non-hydrogen) atoms. The lowest BCUT2D eigenvalue weighted by Gasteiger charge is -2.44. The number of carbonyl (C=O) groups excluding carboxylic acids is 1. The van der Waals surface area contributed by atoms with E-state index in [1.54, 1.807) is 24.1 Å². The molecule has 124 valence electrons. The SMILES string of the molecule is CN(C(=O)c1cccc(=O)[nH]1)C1CN(c2ccc(C3CC3)nn2)C1. The van der Waals surface area contributed by atoms with Crippen LogP contribution in [-0.2, 0) is 0 Å². The number of pyridine rings is 1. The first-order valence-corrected chi connectivity index (χ1v) is 8.17. The molecule has 0 aromatic carbocycles. The normalized spacial score (nSPS) is 17.5. The van der Waals surface area contributed by atoms with E-state index < -0.39 is 0 Å². The Morgan fingerprint density at radius 2 is 2.00 bits per heavy atom. The molecule has 2 fully saturated rings. The Kier molecular flexibility index (Phi) is 3.55. The molecule has 0 atom stereocenters. The topological polar surface area (TPSA) is 82.2 Å². The van der Waals surface area contributed by atoms with Crippen molar-refractivity contribution in [3.63, 3.8) is 0 Å². The van der Waals surface area contributed by atoms with Crippen LogP contribution in [0.1, 0.15) is 34.9 Å². The molecule has 7 heteroatoms. The van der Waals surface area contributed by atoms with Gasteiger partial charge in [-0.1, -0.05) is 6.07 Å². The Labute approximate surface area is 139 Å². The van der Waals surface area contributed by atoms with Crippen molar-refractivity contribution in [2.75, 3.05) is 25.0 Å². The third kappa shape index (κ3) is 2.77. The number of aromatic nitrogens is 3. The van der Waals surface area contributed by atoms with Crippen molar-refractivity contribution in [3.8, 4) is 0 Å². The van der Waals surface area contributed by atoms with E-state index in [2.05, 4.69) is 26.1 Å². The largest absolute Gasteiger partial charge is 0.351 e. The van der Waals surface area contributed by atoms with Crippen LogP contribution in [0.5, 0.6) is 0 Å². The Bertz CT molecular complexity index is 806. The Hall–Kier alpha value is -2.70. The fraction of sp³-hybridized carbons (Fsp3) is 0.412. The van der Waals surface area contributed by atoms with Gasteiger partial charge in [-0.25, -0.2) is 0 Å². The van der Waals surface area contributed by atoms with Crippen LogP contribution in [0, 0.1) is 0 Å². The van der Waals surface area contributed by atoms with E-state index in [1.165, 1.54) is 18.9 Å². The quantitative estimate of drug-likeness (QED) is 0.907. The van der Waals surface area contributed by atoms with E-state index in [0.29, 0.717) is 11.6 Å². The third-order valence-corrected chi connectivity index (χ3v) is 4.72. The number of aromatic amines is 1. The van der Waals surface area contributed by atoms with Crippen LogP contribution in [0.25, 0.3) is 0 Å². The predicted molar refractivity (Wildman–Crippen MR) is 89.2 cm³/mol. The van der Waals surface area contributed by atoms with Gasteiger partial charge in [0.15, 0.2) is 5.82 Å². The maximum Gasteiger partial charge on any atom is 0.270 e. The molecule has 4 rings (SSSR count). The van der Waals surface area contributed by atoms with Crippen molar-refractivity contribution in [2.24, 2.45) is 0 Å². The fourth-order valence-electron chi connectivity index (χ4n) is 2.92. The molecule has 1 saturated heterocycles. The van der Waals surface area contributed by atoms with Crippen LogP contribution in [0.3, 0.4) is 0 Å². The second kappa shape index (κ2) is 5.74. The molecule has 1 aliphatic heterocycles. The van der Waals surface area contributed by atoms with Crippen LogP contribution in [-0.4, -0.2) is 52.2 Å². The maximum absolute atomic E-state index is 12.4. The highest BCUT2D eigenvalue weighted by Crippen LogP contribution is 2.38. The molecule has 0 unspecified atom stereocenters. The van der Waals surface area contributed by atoms with Gasteiger partial charge >= 0.3 is 0 Å². The minimum atomic E-state index is -0.268. The molecular weight excluding hydrogens is 306 g/mol. The van der Waals surface area contributed by atoms with Crippen molar-refractivity contribution >= 4 is 11.7 Å². The molecular formula is C17H19N5O2. The molecule has 3 heterocycles. The summed E-state index contributed by atoms with van der Waals surface area (Å²) in [7, 11) is 1.76. The first-order chi connectivity index (χ1) is 11.6. The summed E-state index contributed by atoms with van der Waals surface area (Å²) in [5.74, 6) is 1.28. The summed E-state index contributed by atoms with van der Waals surface area (Å²) >= 11 is 0. The van der Waals surface area contributed by atoms with Gasteiger partial charge in [-0.05, 0) is 31.0 Å². The monoisotopic (exact) mass is 325 g/mol. The van der Waals surface area contributed by atoms with E-state index in [0.717, 1.165) is 24.6 Å². The maximum atomic E-state index is 12.4. The average molecular weight is 325 g/mol. The van der Waals surface area contributed by atoms with Crippen LogP contribution in [0.15, 0.2) is 35.1 Å².